The Bertz CT molecular complexity index is 764. The fourth-order valence-corrected chi connectivity index (χ4v) is 1.75. The van der Waals surface area contributed by atoms with Crippen molar-refractivity contribution in [2.75, 3.05) is 0 Å². The molecule has 0 saturated heterocycles. The van der Waals surface area contributed by atoms with Crippen LogP contribution in [0.15, 0.2) is 42.5 Å². The topological polar surface area (TPSA) is 153 Å². The highest BCUT2D eigenvalue weighted by Crippen LogP contribution is 2.16. The SMILES string of the molecule is Cc1cc(B(O)O)cc([N+](=O)[O-])c1.O=COc1ccc([N+](=O)[O-])cc1. The molecule has 11 heteroatoms. The van der Waals surface area contributed by atoms with E-state index in [1.54, 1.807) is 6.92 Å². The van der Waals surface area contributed by atoms with E-state index in [9.17, 15) is 25.0 Å². The maximum Gasteiger partial charge on any atom is 0.488 e. The summed E-state index contributed by atoms with van der Waals surface area (Å²) in [6, 6.07) is 9.22. The van der Waals surface area contributed by atoms with Gasteiger partial charge < -0.3 is 14.8 Å². The van der Waals surface area contributed by atoms with Gasteiger partial charge in [0.05, 0.1) is 9.85 Å². The average Bonchev–Trinajstić information content (AvgIpc) is 2.55. The Labute approximate surface area is 141 Å². The van der Waals surface area contributed by atoms with Crippen molar-refractivity contribution in [3.63, 3.8) is 0 Å². The van der Waals surface area contributed by atoms with Crippen molar-refractivity contribution >= 4 is 30.4 Å². The summed E-state index contributed by atoms with van der Waals surface area (Å²) in [6.45, 7) is 1.92. The average molecular weight is 348 g/mol. The Morgan fingerprint density at radius 1 is 1.00 bits per heavy atom. The van der Waals surface area contributed by atoms with E-state index >= 15 is 0 Å². The van der Waals surface area contributed by atoms with Crippen molar-refractivity contribution in [1.29, 1.82) is 0 Å². The fraction of sp³-hybridized carbons (Fsp3) is 0.0714. The lowest BCUT2D eigenvalue weighted by atomic mass is 9.79. The van der Waals surface area contributed by atoms with Crippen LogP contribution >= 0.6 is 0 Å². The lowest BCUT2D eigenvalue weighted by molar-refractivity contribution is -0.385. The van der Waals surface area contributed by atoms with Crippen LogP contribution in [0.3, 0.4) is 0 Å². The highest BCUT2D eigenvalue weighted by molar-refractivity contribution is 6.58. The minimum Gasteiger partial charge on any atom is -0.429 e. The van der Waals surface area contributed by atoms with Gasteiger partial charge in [0.2, 0.25) is 0 Å². The Kier molecular flexibility index (Phi) is 7.19. The second-order valence-electron chi connectivity index (χ2n) is 4.70. The molecule has 2 rings (SSSR count). The van der Waals surface area contributed by atoms with Crippen molar-refractivity contribution < 1.29 is 29.4 Å². The van der Waals surface area contributed by atoms with E-state index in [-0.39, 0.29) is 29.1 Å². The predicted molar refractivity (Wildman–Crippen MR) is 87.4 cm³/mol. The number of hydrogen-bond donors (Lipinski definition) is 2. The molecule has 0 saturated carbocycles. The van der Waals surface area contributed by atoms with Gasteiger partial charge in [-0.3, -0.25) is 25.0 Å². The molecule has 0 atom stereocenters. The number of nitro benzene ring substituents is 2. The molecule has 130 valence electrons. The van der Waals surface area contributed by atoms with Crippen LogP contribution in [0.1, 0.15) is 5.56 Å². The third-order valence-electron chi connectivity index (χ3n) is 2.83. The van der Waals surface area contributed by atoms with E-state index < -0.39 is 17.0 Å². The van der Waals surface area contributed by atoms with E-state index in [1.807, 2.05) is 0 Å². The number of benzene rings is 2. The van der Waals surface area contributed by atoms with E-state index in [0.29, 0.717) is 5.56 Å². The zero-order valence-corrected chi connectivity index (χ0v) is 12.9. The number of ether oxygens (including phenoxy) is 1. The standard InChI is InChI=1S/C7H8BNO4.C7H5NO4/c1-5-2-6(8(10)11)4-7(3-5)9(12)13;9-5-12-7-3-1-6(2-4-7)8(10)11/h2-4,10-11H,1H3;1-5H. The molecule has 0 aliphatic rings. The summed E-state index contributed by atoms with van der Waals surface area (Å²) in [7, 11) is -1.67. The van der Waals surface area contributed by atoms with Crippen LogP contribution in [0, 0.1) is 27.2 Å². The molecule has 0 spiro atoms. The van der Waals surface area contributed by atoms with Gasteiger partial charge in [-0.25, -0.2) is 0 Å². The number of carbonyl (C=O) groups excluding carboxylic acids is 1. The van der Waals surface area contributed by atoms with Gasteiger partial charge in [0.1, 0.15) is 5.75 Å². The molecule has 0 fully saturated rings. The molecule has 25 heavy (non-hydrogen) atoms. The van der Waals surface area contributed by atoms with Gasteiger partial charge in [0, 0.05) is 24.3 Å². The Morgan fingerprint density at radius 3 is 2.00 bits per heavy atom. The molecule has 2 N–H and O–H groups in total. The number of nitro groups is 2. The van der Waals surface area contributed by atoms with Crippen LogP contribution < -0.4 is 10.2 Å². The van der Waals surface area contributed by atoms with Crippen LogP contribution in [-0.4, -0.2) is 33.5 Å². The second kappa shape index (κ2) is 9.10. The Morgan fingerprint density at radius 2 is 1.56 bits per heavy atom. The fourth-order valence-electron chi connectivity index (χ4n) is 1.75. The number of aryl methyl sites for hydroxylation is 1. The minimum atomic E-state index is -1.67. The van der Waals surface area contributed by atoms with Crippen molar-refractivity contribution in [1.82, 2.24) is 0 Å². The predicted octanol–water partition coefficient (Wildman–Crippen LogP) is 0.713. The molecule has 0 radical (unpaired) electrons. The van der Waals surface area contributed by atoms with Gasteiger partial charge in [-0.1, -0.05) is 6.07 Å². The summed E-state index contributed by atoms with van der Waals surface area (Å²) >= 11 is 0. The maximum absolute atomic E-state index is 10.4. The number of carbonyl (C=O) groups is 1. The van der Waals surface area contributed by atoms with Crippen LogP contribution in [0.4, 0.5) is 11.4 Å². The van der Waals surface area contributed by atoms with Crippen molar-refractivity contribution in [2.45, 2.75) is 6.92 Å². The van der Waals surface area contributed by atoms with Crippen molar-refractivity contribution in [3.05, 3.63) is 68.3 Å². The number of hydrogen-bond acceptors (Lipinski definition) is 8. The van der Waals surface area contributed by atoms with Gasteiger partial charge in [-0.05, 0) is 30.1 Å². The van der Waals surface area contributed by atoms with Gasteiger partial charge in [-0.15, -0.1) is 0 Å². The van der Waals surface area contributed by atoms with Gasteiger partial charge >= 0.3 is 7.12 Å². The largest absolute Gasteiger partial charge is 0.488 e. The molecule has 0 aliphatic carbocycles. The third-order valence-corrected chi connectivity index (χ3v) is 2.83. The monoisotopic (exact) mass is 348 g/mol. The summed E-state index contributed by atoms with van der Waals surface area (Å²) in [5.41, 5.74) is 0.584. The lowest BCUT2D eigenvalue weighted by Gasteiger charge is -2.00. The van der Waals surface area contributed by atoms with Gasteiger partial charge in [0.25, 0.3) is 17.8 Å². The van der Waals surface area contributed by atoms with Gasteiger partial charge in [0.15, 0.2) is 0 Å². The molecule has 10 nitrogen and oxygen atoms in total. The van der Waals surface area contributed by atoms with E-state index in [0.717, 1.165) is 6.07 Å². The maximum atomic E-state index is 10.4. The summed E-state index contributed by atoms with van der Waals surface area (Å²) in [4.78, 5) is 29.3. The molecule has 0 unspecified atom stereocenters. The summed E-state index contributed by atoms with van der Waals surface area (Å²) in [5.74, 6) is 0.288. The number of nitrogens with zero attached hydrogens (tertiary/aromatic N) is 2. The van der Waals surface area contributed by atoms with Crippen molar-refractivity contribution in [2.24, 2.45) is 0 Å². The van der Waals surface area contributed by atoms with Crippen LogP contribution in [0.5, 0.6) is 5.75 Å². The first-order valence-corrected chi connectivity index (χ1v) is 6.71. The molecule has 0 amide bonds. The molecular formula is C14H13BN2O8. The highest BCUT2D eigenvalue weighted by atomic mass is 16.6. The zero-order valence-electron chi connectivity index (χ0n) is 12.9. The molecular weight excluding hydrogens is 335 g/mol. The smallest absolute Gasteiger partial charge is 0.429 e. The molecule has 0 aromatic heterocycles. The number of non-ortho nitro benzene ring substituents is 2. The first-order chi connectivity index (χ1) is 11.7. The molecule has 2 aromatic carbocycles. The summed E-state index contributed by atoms with van der Waals surface area (Å²) in [5, 5.41) is 38.1. The number of rotatable bonds is 5. The molecule has 0 heterocycles. The lowest BCUT2D eigenvalue weighted by Crippen LogP contribution is -2.30. The third kappa shape index (κ3) is 6.37. The van der Waals surface area contributed by atoms with Crippen LogP contribution in [-0.2, 0) is 4.79 Å². The Balaban J connectivity index is 0.000000251. The van der Waals surface area contributed by atoms with Crippen LogP contribution in [0.2, 0.25) is 0 Å². The Hall–Kier alpha value is -3.31. The quantitative estimate of drug-likeness (QED) is 0.347. The highest BCUT2D eigenvalue weighted by Gasteiger charge is 2.16. The normalized spacial score (nSPS) is 9.40. The van der Waals surface area contributed by atoms with Crippen molar-refractivity contribution in [3.8, 4) is 5.75 Å². The zero-order chi connectivity index (χ0) is 19.0. The van der Waals surface area contributed by atoms with E-state index in [4.69, 9.17) is 10.0 Å². The minimum absolute atomic E-state index is 0.0340. The van der Waals surface area contributed by atoms with Crippen LogP contribution in [0.25, 0.3) is 0 Å². The van der Waals surface area contributed by atoms with E-state index in [2.05, 4.69) is 4.74 Å². The van der Waals surface area contributed by atoms with Gasteiger partial charge in [-0.2, -0.15) is 0 Å². The second-order valence-corrected chi connectivity index (χ2v) is 4.70. The van der Waals surface area contributed by atoms with E-state index in [1.165, 1.54) is 36.4 Å². The summed E-state index contributed by atoms with van der Waals surface area (Å²) in [6.07, 6.45) is 0. The first kappa shape index (κ1) is 19.7. The molecule has 2 aromatic rings. The summed E-state index contributed by atoms with van der Waals surface area (Å²) < 4.78 is 4.44. The molecule has 0 bridgehead atoms. The molecule has 0 aliphatic heterocycles. The first-order valence-electron chi connectivity index (χ1n) is 6.71.